The van der Waals surface area contributed by atoms with Crippen LogP contribution in [0.3, 0.4) is 0 Å². The lowest BCUT2D eigenvalue weighted by molar-refractivity contribution is 0.244. The molecule has 0 aromatic heterocycles. The van der Waals surface area contributed by atoms with Crippen LogP contribution in [0.5, 0.6) is 0 Å². The number of hydrogen-bond acceptors (Lipinski definition) is 2. The van der Waals surface area contributed by atoms with E-state index in [0.29, 0.717) is 15.7 Å². The van der Waals surface area contributed by atoms with Crippen molar-refractivity contribution in [1.29, 1.82) is 10.7 Å². The minimum Gasteiger partial charge on any atom is -0.325 e. The Morgan fingerprint density at radius 1 is 1.30 bits per heavy atom. The Balaban J connectivity index is 2.96. The van der Waals surface area contributed by atoms with Crippen LogP contribution in [0, 0.1) is 16.9 Å². The molecular weight excluding hydrogens is 295 g/mol. The minimum atomic E-state index is -0.388. The summed E-state index contributed by atoms with van der Waals surface area (Å²) in [6.45, 7) is 5.95. The number of halogens is 2. The zero-order valence-electron chi connectivity index (χ0n) is 11.8. The Bertz CT molecular complexity index is 512. The lowest BCUT2D eigenvalue weighted by atomic mass is 9.94. The van der Waals surface area contributed by atoms with Gasteiger partial charge < -0.3 is 5.32 Å². The number of nitriles is 1. The van der Waals surface area contributed by atoms with Crippen molar-refractivity contribution in [3.63, 3.8) is 0 Å². The molecule has 108 valence electrons. The quantitative estimate of drug-likeness (QED) is 0.366. The van der Waals surface area contributed by atoms with E-state index in [1.54, 1.807) is 18.2 Å². The molecule has 1 aromatic rings. The van der Waals surface area contributed by atoms with Crippen molar-refractivity contribution in [2.24, 2.45) is 0 Å². The summed E-state index contributed by atoms with van der Waals surface area (Å²) >= 11 is 11.8. The van der Waals surface area contributed by atoms with Crippen LogP contribution in [-0.4, -0.2) is 16.4 Å². The number of guanidine groups is 1. The minimum absolute atomic E-state index is 0.0111. The van der Waals surface area contributed by atoms with Crippen molar-refractivity contribution in [1.82, 2.24) is 4.90 Å². The molecule has 0 bridgehead atoms. The monoisotopic (exact) mass is 312 g/mol. The van der Waals surface area contributed by atoms with Crippen LogP contribution in [0.15, 0.2) is 18.2 Å². The highest BCUT2D eigenvalue weighted by Gasteiger charge is 2.30. The number of benzene rings is 1. The predicted octanol–water partition coefficient (Wildman–Crippen LogP) is 4.70. The molecule has 1 rings (SSSR count). The molecule has 0 radical (unpaired) electrons. The fourth-order valence-electron chi connectivity index (χ4n) is 1.83. The van der Waals surface area contributed by atoms with Crippen molar-refractivity contribution >= 4 is 34.8 Å². The van der Waals surface area contributed by atoms with Crippen LogP contribution in [0.2, 0.25) is 10.0 Å². The van der Waals surface area contributed by atoms with Crippen molar-refractivity contribution in [3.8, 4) is 6.19 Å². The van der Waals surface area contributed by atoms with E-state index in [-0.39, 0.29) is 11.5 Å². The van der Waals surface area contributed by atoms with Crippen LogP contribution < -0.4 is 5.32 Å². The highest BCUT2D eigenvalue weighted by molar-refractivity contribution is 6.35. The van der Waals surface area contributed by atoms with Crippen molar-refractivity contribution < 1.29 is 0 Å². The molecule has 0 aliphatic carbocycles. The molecule has 0 heterocycles. The summed E-state index contributed by atoms with van der Waals surface area (Å²) < 4.78 is 0. The van der Waals surface area contributed by atoms with E-state index in [2.05, 4.69) is 11.5 Å². The van der Waals surface area contributed by atoms with Crippen molar-refractivity contribution in [2.45, 2.75) is 39.2 Å². The van der Waals surface area contributed by atoms with Gasteiger partial charge in [0.2, 0.25) is 5.96 Å². The van der Waals surface area contributed by atoms with Gasteiger partial charge in [0.15, 0.2) is 6.19 Å². The molecule has 20 heavy (non-hydrogen) atoms. The predicted molar refractivity (Wildman–Crippen MR) is 84.3 cm³/mol. The van der Waals surface area contributed by atoms with E-state index in [4.69, 9.17) is 28.6 Å². The van der Waals surface area contributed by atoms with E-state index < -0.39 is 0 Å². The Morgan fingerprint density at radius 2 is 1.80 bits per heavy atom. The van der Waals surface area contributed by atoms with E-state index >= 15 is 0 Å². The van der Waals surface area contributed by atoms with E-state index in [1.807, 2.05) is 20.8 Å². The van der Waals surface area contributed by atoms with Crippen LogP contribution in [0.1, 0.15) is 33.6 Å². The smallest absolute Gasteiger partial charge is 0.209 e. The van der Waals surface area contributed by atoms with Gasteiger partial charge in [0, 0.05) is 15.7 Å². The molecule has 0 aliphatic heterocycles. The summed E-state index contributed by atoms with van der Waals surface area (Å²) in [5.74, 6) is 0.0111. The third-order valence-corrected chi connectivity index (χ3v) is 3.95. The van der Waals surface area contributed by atoms with E-state index in [9.17, 15) is 5.26 Å². The molecule has 0 amide bonds. The summed E-state index contributed by atoms with van der Waals surface area (Å²) in [6, 6.07) is 4.93. The van der Waals surface area contributed by atoms with Gasteiger partial charge in [-0.3, -0.25) is 5.41 Å². The van der Waals surface area contributed by atoms with E-state index in [0.717, 1.165) is 12.8 Å². The molecule has 0 aliphatic rings. The maximum absolute atomic E-state index is 9.32. The summed E-state index contributed by atoms with van der Waals surface area (Å²) in [6.07, 6.45) is 3.60. The summed E-state index contributed by atoms with van der Waals surface area (Å²) in [7, 11) is 0. The van der Waals surface area contributed by atoms with Gasteiger partial charge in [-0.25, -0.2) is 4.90 Å². The number of rotatable bonds is 4. The lowest BCUT2D eigenvalue weighted by Gasteiger charge is -2.36. The van der Waals surface area contributed by atoms with Gasteiger partial charge in [-0.2, -0.15) is 5.26 Å². The first kappa shape index (κ1) is 16.6. The molecule has 0 fully saturated rings. The molecule has 6 heteroatoms. The normalized spacial score (nSPS) is 10.8. The van der Waals surface area contributed by atoms with Crippen LogP contribution in [-0.2, 0) is 0 Å². The van der Waals surface area contributed by atoms with Crippen LogP contribution in [0.4, 0.5) is 5.69 Å². The fraction of sp³-hybridized carbons (Fsp3) is 0.429. The highest BCUT2D eigenvalue weighted by atomic mass is 35.5. The van der Waals surface area contributed by atoms with Gasteiger partial charge in [-0.15, -0.1) is 0 Å². The van der Waals surface area contributed by atoms with Gasteiger partial charge in [0.05, 0.1) is 5.54 Å². The second-order valence-electron chi connectivity index (χ2n) is 4.77. The van der Waals surface area contributed by atoms with Crippen molar-refractivity contribution in [2.75, 3.05) is 5.32 Å². The maximum Gasteiger partial charge on any atom is 0.209 e. The largest absolute Gasteiger partial charge is 0.325 e. The number of nitrogens with zero attached hydrogens (tertiary/aromatic N) is 2. The summed E-state index contributed by atoms with van der Waals surface area (Å²) in [5.41, 5.74) is 0.198. The SMILES string of the molecule is CCC(C)(CC)N(C#N)C(=N)Nc1cc(Cl)cc(Cl)c1. The second-order valence-corrected chi connectivity index (χ2v) is 5.64. The molecule has 1 aromatic carbocycles. The van der Waals surface area contributed by atoms with Crippen LogP contribution in [0.25, 0.3) is 0 Å². The summed E-state index contributed by atoms with van der Waals surface area (Å²) in [4.78, 5) is 1.38. The number of anilines is 1. The lowest BCUT2D eigenvalue weighted by Crippen LogP contribution is -2.48. The van der Waals surface area contributed by atoms with E-state index in [1.165, 1.54) is 4.90 Å². The first-order valence-electron chi connectivity index (χ1n) is 6.38. The summed E-state index contributed by atoms with van der Waals surface area (Å²) in [5, 5.41) is 21.2. The molecule has 0 saturated heterocycles. The topological polar surface area (TPSA) is 62.9 Å². The van der Waals surface area contributed by atoms with Gasteiger partial charge in [-0.05, 0) is 38.0 Å². The zero-order chi connectivity index (χ0) is 15.3. The molecule has 4 nitrogen and oxygen atoms in total. The molecular formula is C14H18Cl2N4. The Kier molecular flexibility index (Phi) is 5.67. The van der Waals surface area contributed by atoms with Gasteiger partial charge in [0.25, 0.3) is 0 Å². The molecule has 0 atom stereocenters. The Morgan fingerprint density at radius 3 is 2.20 bits per heavy atom. The Hall–Kier alpha value is -1.44. The molecule has 0 saturated carbocycles. The fourth-order valence-corrected chi connectivity index (χ4v) is 2.35. The first-order valence-corrected chi connectivity index (χ1v) is 7.13. The van der Waals surface area contributed by atoms with Crippen LogP contribution >= 0.6 is 23.2 Å². The average Bonchev–Trinajstić information content (AvgIpc) is 2.37. The third kappa shape index (κ3) is 3.78. The average molecular weight is 313 g/mol. The maximum atomic E-state index is 9.32. The standard InChI is InChI=1S/C14H18Cl2N4/c1-4-14(3,5-2)20(9-17)13(18)19-12-7-10(15)6-11(16)8-12/h6-8H,4-5H2,1-3H3,(H2,18,19). The molecule has 0 unspecified atom stereocenters. The number of hydrogen-bond donors (Lipinski definition) is 2. The van der Waals surface area contributed by atoms with Gasteiger partial charge in [0.1, 0.15) is 0 Å². The molecule has 0 spiro atoms. The van der Waals surface area contributed by atoms with Gasteiger partial charge in [-0.1, -0.05) is 37.0 Å². The second kappa shape index (κ2) is 6.83. The highest BCUT2D eigenvalue weighted by Crippen LogP contribution is 2.25. The van der Waals surface area contributed by atoms with Gasteiger partial charge >= 0.3 is 0 Å². The third-order valence-electron chi connectivity index (χ3n) is 3.51. The Labute approximate surface area is 129 Å². The molecule has 2 N–H and O–H groups in total. The first-order chi connectivity index (χ1) is 9.36. The van der Waals surface area contributed by atoms with Crippen molar-refractivity contribution in [3.05, 3.63) is 28.2 Å². The number of nitrogens with one attached hydrogen (secondary N) is 2. The zero-order valence-corrected chi connectivity index (χ0v) is 13.3.